The minimum absolute atomic E-state index is 0.0370. The van der Waals surface area contributed by atoms with Crippen molar-refractivity contribution in [2.45, 2.75) is 13.1 Å². The Kier molecular flexibility index (Phi) is 5.66. The van der Waals surface area contributed by atoms with Crippen molar-refractivity contribution in [3.05, 3.63) is 65.0 Å². The minimum atomic E-state index is -0.521. The average Bonchev–Trinajstić information content (AvgIpc) is 3.44. The Morgan fingerprint density at radius 2 is 1.82 bits per heavy atom. The molecule has 1 saturated heterocycles. The van der Waals surface area contributed by atoms with Crippen molar-refractivity contribution in [3.63, 3.8) is 0 Å². The molecule has 1 fully saturated rings. The van der Waals surface area contributed by atoms with E-state index in [-0.39, 0.29) is 12.5 Å². The van der Waals surface area contributed by atoms with Gasteiger partial charge in [-0.05, 0) is 36.4 Å². The predicted molar refractivity (Wildman–Crippen MR) is 119 cm³/mol. The molecule has 1 aliphatic rings. The van der Waals surface area contributed by atoms with Crippen LogP contribution in [-0.4, -0.2) is 63.7 Å². The second kappa shape index (κ2) is 8.91. The number of piperazine rings is 1. The third-order valence-corrected chi connectivity index (χ3v) is 5.77. The highest BCUT2D eigenvalue weighted by Crippen LogP contribution is 2.20. The van der Waals surface area contributed by atoms with Gasteiger partial charge in [-0.25, -0.2) is 4.79 Å². The van der Waals surface area contributed by atoms with Crippen LogP contribution in [0.25, 0.3) is 22.5 Å². The molecular weight excluding hydrogens is 426 g/mol. The Bertz CT molecular complexity index is 1320. The van der Waals surface area contributed by atoms with Gasteiger partial charge in [-0.1, -0.05) is 17.3 Å². The lowest BCUT2D eigenvalue weighted by molar-refractivity contribution is -0.133. The van der Waals surface area contributed by atoms with Gasteiger partial charge < -0.3 is 18.6 Å². The summed E-state index contributed by atoms with van der Waals surface area (Å²) in [6.07, 6.45) is 0. The molecule has 0 N–H and O–H groups in total. The molecule has 170 valence electrons. The Hall–Kier alpha value is -3.92. The Labute approximate surface area is 189 Å². The van der Waals surface area contributed by atoms with Crippen LogP contribution < -0.4 is 10.5 Å². The highest BCUT2D eigenvalue weighted by Gasteiger charge is 2.24. The summed E-state index contributed by atoms with van der Waals surface area (Å²) in [5, 5.41) is 4.07. The van der Waals surface area contributed by atoms with E-state index in [0.717, 1.165) is 11.3 Å². The fraction of sp³-hybridized carbons (Fsp3) is 0.304. The van der Waals surface area contributed by atoms with Gasteiger partial charge in [0.2, 0.25) is 17.6 Å². The molecule has 5 rings (SSSR count). The summed E-state index contributed by atoms with van der Waals surface area (Å²) in [7, 11) is 1.62. The first kappa shape index (κ1) is 21.0. The number of para-hydroxylation sites is 2. The quantitative estimate of drug-likeness (QED) is 0.440. The Morgan fingerprint density at radius 1 is 1.06 bits per heavy atom. The largest absolute Gasteiger partial charge is 0.497 e. The zero-order valence-electron chi connectivity index (χ0n) is 18.1. The van der Waals surface area contributed by atoms with Gasteiger partial charge in [-0.15, -0.1) is 0 Å². The van der Waals surface area contributed by atoms with E-state index in [1.54, 1.807) is 30.2 Å². The number of hydrogen-bond acceptors (Lipinski definition) is 8. The SMILES string of the molecule is COc1ccc(-c2noc(CN3CCN(C(=O)Cn4c(=O)oc5ccccc54)CC3)n2)cc1. The molecule has 0 aliphatic carbocycles. The van der Waals surface area contributed by atoms with Gasteiger partial charge in [-0.2, -0.15) is 4.98 Å². The number of hydrogen-bond donors (Lipinski definition) is 0. The second-order valence-corrected chi connectivity index (χ2v) is 7.82. The minimum Gasteiger partial charge on any atom is -0.497 e. The lowest BCUT2D eigenvalue weighted by atomic mass is 10.2. The van der Waals surface area contributed by atoms with Crippen LogP contribution >= 0.6 is 0 Å². The number of ether oxygens (including phenoxy) is 1. The van der Waals surface area contributed by atoms with Crippen LogP contribution in [0.5, 0.6) is 5.75 Å². The van der Waals surface area contributed by atoms with Crippen molar-refractivity contribution in [2.24, 2.45) is 0 Å². The highest BCUT2D eigenvalue weighted by atomic mass is 16.5. The monoisotopic (exact) mass is 449 g/mol. The molecule has 1 aliphatic heterocycles. The number of nitrogens with zero attached hydrogens (tertiary/aromatic N) is 5. The Morgan fingerprint density at radius 3 is 2.58 bits per heavy atom. The number of carbonyl (C=O) groups is 1. The molecule has 0 radical (unpaired) electrons. The molecule has 0 saturated carbocycles. The summed E-state index contributed by atoms with van der Waals surface area (Å²) in [6, 6.07) is 14.6. The van der Waals surface area contributed by atoms with E-state index in [1.165, 1.54) is 4.57 Å². The third-order valence-electron chi connectivity index (χ3n) is 5.77. The van der Waals surface area contributed by atoms with E-state index in [1.807, 2.05) is 30.3 Å². The van der Waals surface area contributed by atoms with E-state index in [9.17, 15) is 9.59 Å². The van der Waals surface area contributed by atoms with Crippen molar-refractivity contribution >= 4 is 17.0 Å². The molecule has 0 spiro atoms. The number of fused-ring (bicyclic) bond motifs is 1. The molecule has 0 unspecified atom stereocenters. The van der Waals surface area contributed by atoms with Gasteiger partial charge in [0.15, 0.2) is 5.58 Å². The first-order chi connectivity index (χ1) is 16.1. The van der Waals surface area contributed by atoms with Gasteiger partial charge in [0.05, 0.1) is 19.2 Å². The van der Waals surface area contributed by atoms with Crippen LogP contribution in [0.3, 0.4) is 0 Å². The van der Waals surface area contributed by atoms with Gasteiger partial charge in [0, 0.05) is 31.7 Å². The number of carbonyl (C=O) groups excluding carboxylic acids is 1. The zero-order chi connectivity index (χ0) is 22.8. The molecule has 2 aromatic carbocycles. The molecule has 33 heavy (non-hydrogen) atoms. The van der Waals surface area contributed by atoms with Crippen molar-refractivity contribution in [2.75, 3.05) is 33.3 Å². The van der Waals surface area contributed by atoms with Crippen LogP contribution in [-0.2, 0) is 17.9 Å². The summed E-state index contributed by atoms with van der Waals surface area (Å²) >= 11 is 0. The molecule has 4 aromatic rings. The first-order valence-corrected chi connectivity index (χ1v) is 10.7. The topological polar surface area (TPSA) is 107 Å². The summed E-state index contributed by atoms with van der Waals surface area (Å²) in [5.41, 5.74) is 1.95. The number of oxazole rings is 1. The maximum absolute atomic E-state index is 12.8. The lowest BCUT2D eigenvalue weighted by Crippen LogP contribution is -2.49. The molecule has 3 heterocycles. The fourth-order valence-electron chi connectivity index (χ4n) is 3.92. The summed E-state index contributed by atoms with van der Waals surface area (Å²) in [4.78, 5) is 33.3. The average molecular weight is 449 g/mol. The zero-order valence-corrected chi connectivity index (χ0v) is 18.1. The van der Waals surface area contributed by atoms with E-state index in [2.05, 4.69) is 15.0 Å². The molecule has 2 aromatic heterocycles. The molecule has 10 heteroatoms. The number of amides is 1. The van der Waals surface area contributed by atoms with Gasteiger partial charge in [-0.3, -0.25) is 14.3 Å². The summed E-state index contributed by atoms with van der Waals surface area (Å²) < 4.78 is 17.2. The van der Waals surface area contributed by atoms with Crippen LogP contribution in [0.1, 0.15) is 5.89 Å². The van der Waals surface area contributed by atoms with Gasteiger partial charge >= 0.3 is 5.76 Å². The van der Waals surface area contributed by atoms with Crippen molar-refractivity contribution in [1.29, 1.82) is 0 Å². The lowest BCUT2D eigenvalue weighted by Gasteiger charge is -2.33. The van der Waals surface area contributed by atoms with E-state index in [0.29, 0.717) is 55.5 Å². The van der Waals surface area contributed by atoms with Crippen LogP contribution in [0.15, 0.2) is 62.3 Å². The fourth-order valence-corrected chi connectivity index (χ4v) is 3.92. The third kappa shape index (κ3) is 4.37. The van der Waals surface area contributed by atoms with E-state index in [4.69, 9.17) is 13.7 Å². The van der Waals surface area contributed by atoms with Gasteiger partial charge in [0.25, 0.3) is 0 Å². The van der Waals surface area contributed by atoms with Crippen molar-refractivity contribution in [3.8, 4) is 17.1 Å². The summed E-state index contributed by atoms with van der Waals surface area (Å²) in [6.45, 7) is 2.94. The number of aromatic nitrogens is 3. The summed E-state index contributed by atoms with van der Waals surface area (Å²) in [5.74, 6) is 1.19. The maximum Gasteiger partial charge on any atom is 0.420 e. The number of methoxy groups -OCH3 is 1. The first-order valence-electron chi connectivity index (χ1n) is 10.7. The molecule has 1 amide bonds. The van der Waals surface area contributed by atoms with Crippen molar-refractivity contribution < 1.29 is 18.5 Å². The van der Waals surface area contributed by atoms with Gasteiger partial charge in [0.1, 0.15) is 12.3 Å². The van der Waals surface area contributed by atoms with Crippen LogP contribution in [0.4, 0.5) is 0 Å². The van der Waals surface area contributed by atoms with E-state index >= 15 is 0 Å². The second-order valence-electron chi connectivity index (χ2n) is 7.82. The van der Waals surface area contributed by atoms with Crippen LogP contribution in [0, 0.1) is 0 Å². The van der Waals surface area contributed by atoms with Crippen molar-refractivity contribution in [1.82, 2.24) is 24.5 Å². The van der Waals surface area contributed by atoms with Crippen LogP contribution in [0.2, 0.25) is 0 Å². The molecule has 10 nitrogen and oxygen atoms in total. The van der Waals surface area contributed by atoms with E-state index < -0.39 is 5.76 Å². The molecule has 0 bridgehead atoms. The Balaban J connectivity index is 1.17. The number of rotatable bonds is 6. The highest BCUT2D eigenvalue weighted by molar-refractivity contribution is 5.79. The number of benzene rings is 2. The maximum atomic E-state index is 12.8. The predicted octanol–water partition coefficient (Wildman–Crippen LogP) is 2.00. The normalized spacial score (nSPS) is 14.6. The standard InChI is InChI=1S/C23H23N5O5/c1-31-17-8-6-16(7-9-17)22-24-20(33-25-22)14-26-10-12-27(13-11-26)21(29)15-28-18-4-2-3-5-19(18)32-23(28)30/h2-9H,10-15H2,1H3. The molecular formula is C23H23N5O5. The molecule has 0 atom stereocenters. The smallest absolute Gasteiger partial charge is 0.420 e.